The highest BCUT2D eigenvalue weighted by atomic mass is 32.1. The van der Waals surface area contributed by atoms with Crippen LogP contribution in [0.2, 0.25) is 0 Å². The zero-order chi connectivity index (χ0) is 21.7. The Balaban J connectivity index is 1.79. The normalized spacial score (nSPS) is 14.3. The average molecular weight is 425 g/mol. The van der Waals surface area contributed by atoms with Crippen molar-refractivity contribution in [3.05, 3.63) is 65.2 Å². The molecule has 3 aromatic rings. The maximum Gasteiger partial charge on any atom is 0.317 e. The summed E-state index contributed by atoms with van der Waals surface area (Å²) >= 11 is 1.57. The van der Waals surface area contributed by atoms with Crippen LogP contribution in [0.25, 0.3) is 10.2 Å². The van der Waals surface area contributed by atoms with Crippen LogP contribution >= 0.6 is 11.3 Å². The Bertz CT molecular complexity index is 982. The number of hydrogen-bond donors (Lipinski definition) is 1. The lowest BCUT2D eigenvalue weighted by Crippen LogP contribution is -2.42. The molecule has 0 bridgehead atoms. The molecule has 0 unspecified atom stereocenters. The molecule has 0 fully saturated rings. The second kappa shape index (κ2) is 9.39. The maximum absolute atomic E-state index is 13.2. The van der Waals surface area contributed by atoms with Crippen molar-refractivity contribution < 1.29 is 14.3 Å². The van der Waals surface area contributed by atoms with Crippen molar-refractivity contribution >= 4 is 33.4 Å². The van der Waals surface area contributed by atoms with Gasteiger partial charge >= 0.3 is 5.97 Å². The average Bonchev–Trinajstić information content (AvgIpc) is 3.14. The molecule has 0 aliphatic rings. The van der Waals surface area contributed by atoms with E-state index in [1.165, 1.54) is 0 Å². The number of rotatable bonds is 8. The van der Waals surface area contributed by atoms with Crippen LogP contribution in [0.5, 0.6) is 0 Å². The fourth-order valence-electron chi connectivity index (χ4n) is 3.15. The van der Waals surface area contributed by atoms with Gasteiger partial charge in [0, 0.05) is 12.5 Å². The SMILES string of the molecule is CC(C)[C@H](C)NC(=O)COC(=O)[C@@](C)(Cc1nc2ccccc2s1)c1ccccc1. The van der Waals surface area contributed by atoms with Gasteiger partial charge in [-0.15, -0.1) is 11.3 Å². The van der Waals surface area contributed by atoms with Crippen LogP contribution in [0.4, 0.5) is 0 Å². The molecular formula is C24H28N2O3S. The number of para-hydroxylation sites is 1. The van der Waals surface area contributed by atoms with Crippen LogP contribution in [0, 0.1) is 5.92 Å². The van der Waals surface area contributed by atoms with Gasteiger partial charge in [-0.25, -0.2) is 4.98 Å². The van der Waals surface area contributed by atoms with Crippen LogP contribution in [-0.2, 0) is 26.2 Å². The van der Waals surface area contributed by atoms with Crippen LogP contribution in [0.1, 0.15) is 38.3 Å². The summed E-state index contributed by atoms with van der Waals surface area (Å²) in [5, 5.41) is 3.73. The van der Waals surface area contributed by atoms with Gasteiger partial charge in [-0.1, -0.05) is 56.3 Å². The number of benzene rings is 2. The quantitative estimate of drug-likeness (QED) is 0.541. The van der Waals surface area contributed by atoms with E-state index in [1.807, 2.05) is 82.3 Å². The van der Waals surface area contributed by atoms with Crippen molar-refractivity contribution in [3.63, 3.8) is 0 Å². The van der Waals surface area contributed by atoms with Gasteiger partial charge in [0.25, 0.3) is 5.91 Å². The van der Waals surface area contributed by atoms with Crippen molar-refractivity contribution in [2.24, 2.45) is 5.92 Å². The molecule has 5 nitrogen and oxygen atoms in total. The van der Waals surface area contributed by atoms with E-state index in [0.717, 1.165) is 20.8 Å². The Hall–Kier alpha value is -2.73. The van der Waals surface area contributed by atoms with E-state index in [-0.39, 0.29) is 18.6 Å². The molecule has 2 aromatic carbocycles. The van der Waals surface area contributed by atoms with Crippen LogP contribution in [-0.4, -0.2) is 29.5 Å². The van der Waals surface area contributed by atoms with Gasteiger partial charge in [0.1, 0.15) is 0 Å². The molecule has 1 aromatic heterocycles. The van der Waals surface area contributed by atoms with E-state index >= 15 is 0 Å². The lowest BCUT2D eigenvalue weighted by molar-refractivity contribution is -0.154. The maximum atomic E-state index is 13.2. The molecule has 1 amide bonds. The number of amides is 1. The molecule has 0 saturated carbocycles. The van der Waals surface area contributed by atoms with Crippen molar-refractivity contribution in [1.82, 2.24) is 10.3 Å². The van der Waals surface area contributed by atoms with E-state index in [2.05, 4.69) is 5.32 Å². The predicted octanol–water partition coefficient (Wildman–Crippen LogP) is 4.50. The molecule has 6 heteroatoms. The number of nitrogens with one attached hydrogen (secondary N) is 1. The number of thiazole rings is 1. The molecule has 3 rings (SSSR count). The lowest BCUT2D eigenvalue weighted by Gasteiger charge is -2.27. The van der Waals surface area contributed by atoms with Crippen LogP contribution in [0.15, 0.2) is 54.6 Å². The molecule has 158 valence electrons. The van der Waals surface area contributed by atoms with E-state index in [4.69, 9.17) is 9.72 Å². The number of hydrogen-bond acceptors (Lipinski definition) is 5. The van der Waals surface area contributed by atoms with Crippen LogP contribution in [0.3, 0.4) is 0 Å². The van der Waals surface area contributed by atoms with E-state index < -0.39 is 11.4 Å². The standard InChI is InChI=1S/C24H28N2O3S/c1-16(2)17(3)25-21(27)15-29-23(28)24(4,18-10-6-5-7-11-18)14-22-26-19-12-8-9-13-20(19)30-22/h5-13,16-17H,14-15H2,1-4H3,(H,25,27)/t17-,24-/m0/s1. The molecule has 1 heterocycles. The number of ether oxygens (including phenoxy) is 1. The minimum Gasteiger partial charge on any atom is -0.455 e. The van der Waals surface area contributed by atoms with Gasteiger partial charge in [-0.3, -0.25) is 9.59 Å². The van der Waals surface area contributed by atoms with Crippen molar-refractivity contribution in [3.8, 4) is 0 Å². The van der Waals surface area contributed by atoms with Crippen molar-refractivity contribution in [2.45, 2.75) is 45.6 Å². The smallest absolute Gasteiger partial charge is 0.317 e. The summed E-state index contributed by atoms with van der Waals surface area (Å²) in [5.41, 5.74) is 0.813. The monoisotopic (exact) mass is 424 g/mol. The topological polar surface area (TPSA) is 68.3 Å². The highest BCUT2D eigenvalue weighted by Gasteiger charge is 2.38. The first-order valence-corrected chi connectivity index (χ1v) is 11.0. The molecule has 0 radical (unpaired) electrons. The minimum atomic E-state index is -0.945. The summed E-state index contributed by atoms with van der Waals surface area (Å²) in [7, 11) is 0. The van der Waals surface area contributed by atoms with Crippen molar-refractivity contribution in [1.29, 1.82) is 0 Å². The Kier molecular flexibility index (Phi) is 6.87. The second-order valence-corrected chi connectivity index (χ2v) is 9.24. The second-order valence-electron chi connectivity index (χ2n) is 8.13. The number of carbonyl (C=O) groups is 2. The van der Waals surface area contributed by atoms with Gasteiger partial charge in [-0.05, 0) is 37.5 Å². The molecule has 2 atom stereocenters. The van der Waals surface area contributed by atoms with Gasteiger partial charge in [0.05, 0.1) is 20.6 Å². The van der Waals surface area contributed by atoms with E-state index in [9.17, 15) is 9.59 Å². The number of esters is 1. The van der Waals surface area contributed by atoms with Gasteiger partial charge in [0.15, 0.2) is 6.61 Å². The summed E-state index contributed by atoms with van der Waals surface area (Å²) in [6, 6.07) is 17.5. The third-order valence-corrected chi connectivity index (χ3v) is 6.46. The largest absolute Gasteiger partial charge is 0.455 e. The number of nitrogens with zero attached hydrogens (tertiary/aromatic N) is 1. The lowest BCUT2D eigenvalue weighted by atomic mass is 9.79. The summed E-state index contributed by atoms with van der Waals surface area (Å²) in [5.74, 6) is -0.418. The van der Waals surface area contributed by atoms with Crippen molar-refractivity contribution in [2.75, 3.05) is 6.61 Å². The summed E-state index contributed by atoms with van der Waals surface area (Å²) in [6.45, 7) is 7.55. The zero-order valence-electron chi connectivity index (χ0n) is 17.8. The Labute approximate surface area is 181 Å². The first-order valence-electron chi connectivity index (χ1n) is 10.2. The first kappa shape index (κ1) is 22.0. The minimum absolute atomic E-state index is 0.0134. The molecule has 30 heavy (non-hydrogen) atoms. The third-order valence-electron chi connectivity index (χ3n) is 5.43. The fraction of sp³-hybridized carbons (Fsp3) is 0.375. The molecule has 0 aliphatic heterocycles. The molecular weight excluding hydrogens is 396 g/mol. The van der Waals surface area contributed by atoms with E-state index in [1.54, 1.807) is 11.3 Å². The molecule has 1 N–H and O–H groups in total. The van der Waals surface area contributed by atoms with Crippen LogP contribution < -0.4 is 5.32 Å². The molecule has 0 aliphatic carbocycles. The first-order chi connectivity index (χ1) is 14.3. The van der Waals surface area contributed by atoms with Gasteiger partial charge < -0.3 is 10.1 Å². The third kappa shape index (κ3) is 5.05. The van der Waals surface area contributed by atoms with Gasteiger partial charge in [0.2, 0.25) is 0 Å². The molecule has 0 spiro atoms. The summed E-state index contributed by atoms with van der Waals surface area (Å²) < 4.78 is 6.56. The summed E-state index contributed by atoms with van der Waals surface area (Å²) in [6.07, 6.45) is 0.402. The molecule has 0 saturated heterocycles. The number of aromatic nitrogens is 1. The Morgan fingerprint density at radius 3 is 2.40 bits per heavy atom. The predicted molar refractivity (Wildman–Crippen MR) is 121 cm³/mol. The Morgan fingerprint density at radius 1 is 1.07 bits per heavy atom. The Morgan fingerprint density at radius 2 is 1.73 bits per heavy atom. The van der Waals surface area contributed by atoms with E-state index in [0.29, 0.717) is 12.3 Å². The summed E-state index contributed by atoms with van der Waals surface area (Å²) in [4.78, 5) is 30.1. The highest BCUT2D eigenvalue weighted by Crippen LogP contribution is 2.33. The highest BCUT2D eigenvalue weighted by molar-refractivity contribution is 7.18. The van der Waals surface area contributed by atoms with Gasteiger partial charge in [-0.2, -0.15) is 0 Å². The fourth-order valence-corrected chi connectivity index (χ4v) is 4.27. The number of fused-ring (bicyclic) bond motifs is 1. The zero-order valence-corrected chi connectivity index (χ0v) is 18.7. The number of carbonyl (C=O) groups excluding carboxylic acids is 2.